The summed E-state index contributed by atoms with van der Waals surface area (Å²) in [4.78, 5) is 111. The van der Waals surface area contributed by atoms with Gasteiger partial charge in [-0.2, -0.15) is 0 Å². The van der Waals surface area contributed by atoms with Gasteiger partial charge in [-0.1, -0.05) is 0 Å². The van der Waals surface area contributed by atoms with E-state index in [-0.39, 0.29) is 63.7 Å². The smallest absolute Gasteiger partial charge is 0.311 e. The Balaban J connectivity index is 0.000000499. The highest BCUT2D eigenvalue weighted by molar-refractivity contribution is 6.40. The molecule has 0 saturated carbocycles. The van der Waals surface area contributed by atoms with Crippen LogP contribution in [0.15, 0.2) is 103 Å². The van der Waals surface area contributed by atoms with E-state index < -0.39 is 48.3 Å². The summed E-state index contributed by atoms with van der Waals surface area (Å²) in [5.41, 5.74) is 4.93. The van der Waals surface area contributed by atoms with Crippen molar-refractivity contribution in [2.75, 3.05) is 12.1 Å². The molecule has 6 N–H and O–H groups in total. The molecule has 7 aromatic rings. The summed E-state index contributed by atoms with van der Waals surface area (Å²) in [5, 5.41) is 95.5. The van der Waals surface area contributed by atoms with Gasteiger partial charge in [0.25, 0.3) is 17.1 Å². The molecule has 0 bridgehead atoms. The molecule has 0 amide bonds. The summed E-state index contributed by atoms with van der Waals surface area (Å²) in [7, 11) is 0. The minimum Gasteiger partial charge on any atom is -0.508 e. The van der Waals surface area contributed by atoms with Crippen LogP contribution in [-0.4, -0.2) is 106 Å². The van der Waals surface area contributed by atoms with Crippen LogP contribution in [0.25, 0.3) is 0 Å². The van der Waals surface area contributed by atoms with Gasteiger partial charge in [0.1, 0.15) is 37.2 Å². The fourth-order valence-corrected chi connectivity index (χ4v) is 6.38. The van der Waals surface area contributed by atoms with E-state index in [4.69, 9.17) is 58.2 Å². The number of carbonyl (C=O) groups is 7. The number of aldehydes is 7. The summed E-state index contributed by atoms with van der Waals surface area (Å²) >= 11 is 9.53. The maximum Gasteiger partial charge on any atom is 0.311 e. The number of ether oxygens (including phenoxy) is 2. The Hall–Kier alpha value is -11.2. The molecular formula is C57H52Cl2N4O23. The SMILES string of the molecule is Cc1cc(C=O)c([N+](=O)[O-])cc1C.Cc1cc(C=O)cc([N+](=O)[O-])c1C.Cc1cc(C=O)cc([N+](=O)[O-])c1O.Cc1cc(C=O)ccc1O.ClCCl.O=Cc1cc(O)c(O)cc1[N+](=O)[O-].O=Cc1ccc(O)c(O)c1.O=Cc1ccc2c(c1)OCO2. The quantitative estimate of drug-likeness (QED) is 0.0230. The Kier molecular flexibility index (Phi) is 30.7. The van der Waals surface area contributed by atoms with E-state index in [2.05, 4.69) is 0 Å². The number of alkyl halides is 2. The number of benzene rings is 7. The minimum atomic E-state index is -0.817. The molecule has 0 saturated heterocycles. The summed E-state index contributed by atoms with van der Waals surface area (Å²) < 4.78 is 10.1. The molecule has 1 aliphatic heterocycles. The Labute approximate surface area is 497 Å². The standard InChI is InChI=1S/2C9H9NO3.C8H7NO4.C8H6O3.C8H8O2.C7H5NO5.C7H6O3.CH2Cl2/c1-6-3-8(5-11)4-9(7(6)2)10(12)13;1-6-3-8(5-11)9(10(12)13)4-7(6)2;1-5-2-6(4-10)3-7(8(5)11)9(12)13;9-4-6-1-2-7-8(3-6)11-5-10-7;1-6-4-7(5-9)2-3-8(6)10;9-3-4-1-6(10)7(11)2-5(4)8(12)13;8-4-5-1-2-6(9)7(10)3-5;2-1-3/h2*3-5H,1-2H3;2-4,11H,1H3;1-4H,5H2;2-5,10H,1H3;1-3,10-11H;1-4,9-10H;1H2. The molecular weight excluding hydrogens is 1180 g/mol. The number of fused-ring (bicyclic) bond motifs is 1. The molecule has 86 heavy (non-hydrogen) atoms. The molecule has 0 aliphatic carbocycles. The average molecular weight is 1230 g/mol. The van der Waals surface area contributed by atoms with Crippen LogP contribution >= 0.6 is 23.2 Å². The van der Waals surface area contributed by atoms with Gasteiger partial charge >= 0.3 is 5.69 Å². The van der Waals surface area contributed by atoms with Gasteiger partial charge in [-0.15, -0.1) is 23.2 Å². The van der Waals surface area contributed by atoms with Gasteiger partial charge < -0.3 is 40.1 Å². The molecule has 0 spiro atoms. The van der Waals surface area contributed by atoms with Crippen LogP contribution in [0.1, 0.15) is 106 Å². The number of aromatic hydroxyl groups is 6. The third-order valence-corrected chi connectivity index (χ3v) is 11.1. The van der Waals surface area contributed by atoms with Crippen LogP contribution in [-0.2, 0) is 0 Å². The molecule has 0 fully saturated rings. The van der Waals surface area contributed by atoms with Crippen LogP contribution < -0.4 is 9.47 Å². The second-order valence-corrected chi connectivity index (χ2v) is 17.8. The van der Waals surface area contributed by atoms with E-state index in [0.717, 1.165) is 53.0 Å². The Morgan fingerprint density at radius 3 is 1.24 bits per heavy atom. The number of phenols is 6. The van der Waals surface area contributed by atoms with Crippen LogP contribution in [0.4, 0.5) is 22.7 Å². The van der Waals surface area contributed by atoms with Gasteiger partial charge in [-0.05, 0) is 142 Å². The molecule has 1 aliphatic rings. The third kappa shape index (κ3) is 23.0. The Bertz CT molecular complexity index is 3430. The topological polar surface area (TPSA) is 432 Å². The van der Waals surface area contributed by atoms with E-state index in [9.17, 15) is 79.1 Å². The molecule has 8 rings (SSSR count). The molecule has 0 unspecified atom stereocenters. The zero-order valence-electron chi connectivity index (χ0n) is 45.9. The molecule has 0 atom stereocenters. The van der Waals surface area contributed by atoms with E-state index in [0.29, 0.717) is 70.0 Å². The number of nitrogens with zero attached hydrogens (tertiary/aromatic N) is 4. The summed E-state index contributed by atoms with van der Waals surface area (Å²) in [6.45, 7) is 10.5. The second kappa shape index (κ2) is 36.3. The van der Waals surface area contributed by atoms with Crippen molar-refractivity contribution in [2.45, 2.75) is 41.5 Å². The fourth-order valence-electron chi connectivity index (χ4n) is 6.38. The lowest BCUT2D eigenvalue weighted by atomic mass is 10.0. The van der Waals surface area contributed by atoms with Gasteiger partial charge in [0.2, 0.25) is 6.79 Å². The first-order chi connectivity index (χ1) is 40.5. The van der Waals surface area contributed by atoms with Gasteiger partial charge in [0.15, 0.2) is 52.8 Å². The van der Waals surface area contributed by atoms with Gasteiger partial charge in [0, 0.05) is 57.6 Å². The maximum absolute atomic E-state index is 10.5. The number of aryl methyl sites for hydroxylation is 5. The predicted molar refractivity (Wildman–Crippen MR) is 311 cm³/mol. The van der Waals surface area contributed by atoms with Crippen molar-refractivity contribution in [2.24, 2.45) is 0 Å². The molecule has 27 nitrogen and oxygen atoms in total. The number of nitro benzene ring substituents is 4. The lowest BCUT2D eigenvalue weighted by Gasteiger charge is -2.01. The third-order valence-electron chi connectivity index (χ3n) is 11.1. The first-order valence-electron chi connectivity index (χ1n) is 23.7. The highest BCUT2D eigenvalue weighted by atomic mass is 35.5. The van der Waals surface area contributed by atoms with Crippen molar-refractivity contribution in [3.8, 4) is 46.0 Å². The van der Waals surface area contributed by atoms with Crippen molar-refractivity contribution in [1.29, 1.82) is 0 Å². The van der Waals surface area contributed by atoms with Crippen LogP contribution in [0.5, 0.6) is 46.0 Å². The van der Waals surface area contributed by atoms with Crippen molar-refractivity contribution in [3.05, 3.63) is 216 Å². The van der Waals surface area contributed by atoms with Crippen LogP contribution in [0.2, 0.25) is 0 Å². The first kappa shape index (κ1) is 72.8. The number of nitro groups is 4. The number of carbonyl (C=O) groups excluding carboxylic acids is 7. The molecule has 7 aromatic carbocycles. The number of rotatable bonds is 11. The maximum atomic E-state index is 10.5. The molecule has 0 radical (unpaired) electrons. The molecule has 29 heteroatoms. The Morgan fingerprint density at radius 1 is 0.384 bits per heavy atom. The monoisotopic (exact) mass is 1230 g/mol. The van der Waals surface area contributed by atoms with Crippen LogP contribution in [0.3, 0.4) is 0 Å². The van der Waals surface area contributed by atoms with Crippen molar-refractivity contribution in [1.82, 2.24) is 0 Å². The first-order valence-corrected chi connectivity index (χ1v) is 24.8. The van der Waals surface area contributed by atoms with Gasteiger partial charge in [-0.3, -0.25) is 74.0 Å². The average Bonchev–Trinajstić information content (AvgIpc) is 4.00. The minimum absolute atomic E-state index is 0.00194. The zero-order chi connectivity index (χ0) is 65.5. The number of hydrogen-bond donors (Lipinski definition) is 6. The van der Waals surface area contributed by atoms with Crippen molar-refractivity contribution < 1.29 is 93.4 Å². The van der Waals surface area contributed by atoms with Crippen molar-refractivity contribution in [3.63, 3.8) is 0 Å². The van der Waals surface area contributed by atoms with E-state index in [1.165, 1.54) is 55.5 Å². The highest BCUT2D eigenvalue weighted by Gasteiger charge is 2.19. The van der Waals surface area contributed by atoms with Gasteiger partial charge in [-0.25, -0.2) is 0 Å². The van der Waals surface area contributed by atoms with Crippen molar-refractivity contribution >= 4 is 90.0 Å². The van der Waals surface area contributed by atoms with E-state index in [1.807, 2.05) is 6.92 Å². The fraction of sp³-hybridized carbons (Fsp3) is 0.140. The molecule has 1 heterocycles. The lowest BCUT2D eigenvalue weighted by molar-refractivity contribution is -0.386. The number of halogens is 2. The summed E-state index contributed by atoms with van der Waals surface area (Å²) in [5.74, 6) is -0.494. The zero-order valence-corrected chi connectivity index (χ0v) is 47.5. The van der Waals surface area contributed by atoms with E-state index >= 15 is 0 Å². The highest BCUT2D eigenvalue weighted by Crippen LogP contribution is 2.34. The normalized spacial score (nSPS) is 9.86. The second-order valence-electron chi connectivity index (χ2n) is 16.9. The number of phenolic OH excluding ortho intramolecular Hbond substituents is 6. The number of hydrogen-bond acceptors (Lipinski definition) is 23. The Morgan fingerprint density at radius 2 is 0.767 bits per heavy atom. The predicted octanol–water partition coefficient (Wildman–Crippen LogP) is 11.4. The lowest BCUT2D eigenvalue weighted by Crippen LogP contribution is -1.96. The van der Waals surface area contributed by atoms with Crippen LogP contribution in [0, 0.1) is 82.0 Å². The summed E-state index contributed by atoms with van der Waals surface area (Å²) in [6.07, 6.45) is 3.98. The van der Waals surface area contributed by atoms with E-state index in [1.54, 1.807) is 64.1 Å². The van der Waals surface area contributed by atoms with Gasteiger partial charge in [0.05, 0.1) is 42.2 Å². The molecule has 0 aromatic heterocycles. The molecule has 452 valence electrons. The largest absolute Gasteiger partial charge is 0.508 e. The summed E-state index contributed by atoms with van der Waals surface area (Å²) in [6, 6.07) is 23.5.